The lowest BCUT2D eigenvalue weighted by Crippen LogP contribution is -2.64. The minimum atomic E-state index is -2.32. The molecule has 0 fully saturated rings. The van der Waals surface area contributed by atoms with Crippen LogP contribution < -0.4 is 5.32 Å². The average Bonchev–Trinajstić information content (AvgIpc) is 3.00. The summed E-state index contributed by atoms with van der Waals surface area (Å²) in [4.78, 5) is 26.4. The number of ether oxygens (including phenoxy) is 1. The van der Waals surface area contributed by atoms with Crippen LogP contribution >= 0.6 is 0 Å². The monoisotopic (exact) mass is 499 g/mol. The van der Waals surface area contributed by atoms with E-state index in [2.05, 4.69) is 70.3 Å². The Morgan fingerprint density at radius 2 is 1.71 bits per heavy atom. The van der Waals surface area contributed by atoms with E-state index >= 15 is 0 Å². The molecule has 0 bridgehead atoms. The second-order valence-electron chi connectivity index (χ2n) is 11.7. The fourth-order valence-corrected chi connectivity index (χ4v) is 5.52. The fraction of sp³-hybridized carbons (Fsp3) is 0.556. The third-order valence-electron chi connectivity index (χ3n) is 6.54. The molecular weight excluding hydrogens is 458 g/mol. The van der Waals surface area contributed by atoms with Crippen molar-refractivity contribution in [1.82, 2.24) is 5.32 Å². The summed E-state index contributed by atoms with van der Waals surface area (Å²) in [5.74, 6) is 2.25. The normalized spacial score (nSPS) is 20.5. The largest absolute Gasteiger partial charge is 0.447 e. The summed E-state index contributed by atoms with van der Waals surface area (Å²) in [5.41, 5.74) is 3.49. The van der Waals surface area contributed by atoms with Crippen molar-refractivity contribution in [3.63, 3.8) is 0 Å². The van der Waals surface area contributed by atoms with Crippen molar-refractivity contribution in [3.05, 3.63) is 47.5 Å². The van der Waals surface area contributed by atoms with E-state index in [4.69, 9.17) is 9.16 Å². The number of amides is 1. The van der Waals surface area contributed by atoms with E-state index in [-0.39, 0.29) is 10.9 Å². The SMILES string of the molecule is CC1=CC(=O)N[C@@]1(C(=O)O[C@@H](C)C#C[Si](C)(C)C)[C@@H](Cc1ccccc1)O[Si](C)(C)C(C)(C)C. The van der Waals surface area contributed by atoms with Crippen molar-refractivity contribution in [2.75, 3.05) is 0 Å². The van der Waals surface area contributed by atoms with Gasteiger partial charge in [0.2, 0.25) is 5.91 Å². The number of carbonyl (C=O) groups is 2. The third-order valence-corrected chi connectivity index (χ3v) is 11.9. The summed E-state index contributed by atoms with van der Waals surface area (Å²) in [6.45, 7) is 20.8. The van der Waals surface area contributed by atoms with Gasteiger partial charge in [-0.1, -0.05) is 76.7 Å². The maximum Gasteiger partial charge on any atom is 0.340 e. The van der Waals surface area contributed by atoms with Gasteiger partial charge in [-0.25, -0.2) is 4.79 Å². The highest BCUT2D eigenvalue weighted by Crippen LogP contribution is 2.41. The Hall–Kier alpha value is -2.15. The maximum atomic E-state index is 13.8. The van der Waals surface area contributed by atoms with E-state index in [0.29, 0.717) is 12.0 Å². The van der Waals surface area contributed by atoms with Crippen molar-refractivity contribution in [2.45, 2.75) is 96.6 Å². The predicted octanol–water partition coefficient (Wildman–Crippen LogP) is 5.25. The van der Waals surface area contributed by atoms with Gasteiger partial charge in [-0.3, -0.25) is 4.79 Å². The molecule has 0 unspecified atom stereocenters. The van der Waals surface area contributed by atoms with Crippen molar-refractivity contribution in [1.29, 1.82) is 0 Å². The molecule has 5 nitrogen and oxygen atoms in total. The van der Waals surface area contributed by atoms with E-state index in [9.17, 15) is 9.59 Å². The number of esters is 1. The first kappa shape index (κ1) is 28.1. The standard InChI is InChI=1S/C27H41NO4Si2/c1-20-18-24(29)28-27(20,25(30)31-21(2)16-17-33(6,7)8)23(19-22-14-12-11-13-15-22)32-34(9,10)26(3,4)5/h11-15,18,21,23H,19H2,1-10H3,(H,28,29)/t21-,23+,27+/m0/s1. The van der Waals surface area contributed by atoms with Crippen LogP contribution in [0.5, 0.6) is 0 Å². The lowest BCUT2D eigenvalue weighted by Gasteiger charge is -2.45. The highest BCUT2D eigenvalue weighted by atomic mass is 28.4. The topological polar surface area (TPSA) is 64.6 Å². The first-order valence-corrected chi connectivity index (χ1v) is 18.4. The molecule has 1 aliphatic rings. The molecule has 3 atom stereocenters. The lowest BCUT2D eigenvalue weighted by atomic mass is 9.83. The van der Waals surface area contributed by atoms with Gasteiger partial charge >= 0.3 is 5.97 Å². The highest BCUT2D eigenvalue weighted by molar-refractivity contribution is 6.83. The van der Waals surface area contributed by atoms with Gasteiger partial charge in [0.05, 0.1) is 6.10 Å². The quantitative estimate of drug-likeness (QED) is 0.316. The zero-order chi connectivity index (χ0) is 25.9. The van der Waals surface area contributed by atoms with E-state index in [1.54, 1.807) is 13.8 Å². The summed E-state index contributed by atoms with van der Waals surface area (Å²) < 4.78 is 12.7. The van der Waals surface area contributed by atoms with Gasteiger partial charge in [0.1, 0.15) is 8.07 Å². The van der Waals surface area contributed by atoms with E-state index in [0.717, 1.165) is 5.56 Å². The Bertz CT molecular complexity index is 993. The third kappa shape index (κ3) is 6.71. The number of carbonyl (C=O) groups excluding carboxylic acids is 2. The van der Waals surface area contributed by atoms with Crippen LogP contribution in [-0.4, -0.2) is 46.0 Å². The minimum absolute atomic E-state index is 0.0800. The Balaban J connectivity index is 2.54. The Morgan fingerprint density at radius 3 is 2.18 bits per heavy atom. The summed E-state index contributed by atoms with van der Waals surface area (Å²) in [7, 11) is -3.95. The molecule has 0 radical (unpaired) electrons. The Kier molecular flexibility index (Phi) is 8.45. The van der Waals surface area contributed by atoms with Gasteiger partial charge in [0, 0.05) is 12.5 Å². The molecule has 0 aromatic heterocycles. The summed E-state index contributed by atoms with van der Waals surface area (Å²) in [6.07, 6.45) is 0.727. The molecule has 186 valence electrons. The van der Waals surface area contributed by atoms with Crippen LogP contribution in [0.3, 0.4) is 0 Å². The van der Waals surface area contributed by atoms with Crippen molar-refractivity contribution in [2.24, 2.45) is 0 Å². The number of rotatable bonds is 7. The van der Waals surface area contributed by atoms with Crippen LogP contribution in [0.25, 0.3) is 0 Å². The zero-order valence-corrected chi connectivity index (χ0v) is 24.5. The first-order valence-electron chi connectivity index (χ1n) is 11.9. The van der Waals surface area contributed by atoms with Crippen LogP contribution in [0.15, 0.2) is 42.0 Å². The lowest BCUT2D eigenvalue weighted by molar-refractivity contribution is -0.157. The molecule has 2 rings (SSSR count). The summed E-state index contributed by atoms with van der Waals surface area (Å²) >= 11 is 0. The predicted molar refractivity (Wildman–Crippen MR) is 144 cm³/mol. The van der Waals surface area contributed by atoms with E-state index in [1.165, 1.54) is 6.08 Å². The molecule has 1 amide bonds. The fourth-order valence-electron chi connectivity index (χ4n) is 3.56. The van der Waals surface area contributed by atoms with Crippen LogP contribution in [0.4, 0.5) is 0 Å². The Labute approximate surface area is 207 Å². The number of hydrogen-bond acceptors (Lipinski definition) is 4. The number of nitrogens with one attached hydrogen (secondary N) is 1. The van der Waals surface area contributed by atoms with Gasteiger partial charge in [-0.2, -0.15) is 0 Å². The van der Waals surface area contributed by atoms with Gasteiger partial charge in [0.25, 0.3) is 0 Å². The summed E-state index contributed by atoms with van der Waals surface area (Å²) in [6, 6.07) is 9.91. The van der Waals surface area contributed by atoms with Crippen LogP contribution in [0.2, 0.25) is 37.8 Å². The van der Waals surface area contributed by atoms with Crippen molar-refractivity contribution < 1.29 is 18.8 Å². The van der Waals surface area contributed by atoms with Crippen LogP contribution in [0, 0.1) is 11.5 Å². The first-order chi connectivity index (χ1) is 15.5. The smallest absolute Gasteiger partial charge is 0.340 e. The van der Waals surface area contributed by atoms with E-state index in [1.807, 2.05) is 30.3 Å². The highest BCUT2D eigenvalue weighted by Gasteiger charge is 2.56. The van der Waals surface area contributed by atoms with Gasteiger partial charge in [-0.15, -0.1) is 5.54 Å². The molecule has 0 saturated heterocycles. The van der Waals surface area contributed by atoms with Gasteiger partial charge in [0.15, 0.2) is 20.0 Å². The number of benzene rings is 1. The summed E-state index contributed by atoms with van der Waals surface area (Å²) in [5, 5.41) is 2.86. The molecular formula is C27H41NO4Si2. The Morgan fingerprint density at radius 1 is 1.12 bits per heavy atom. The second-order valence-corrected chi connectivity index (χ2v) is 21.3. The molecule has 7 heteroatoms. The van der Waals surface area contributed by atoms with Crippen LogP contribution in [-0.2, 0) is 25.2 Å². The van der Waals surface area contributed by atoms with E-state index < -0.39 is 40.1 Å². The molecule has 1 N–H and O–H groups in total. The molecule has 0 spiro atoms. The van der Waals surface area contributed by atoms with Crippen LogP contribution in [0.1, 0.15) is 40.2 Å². The molecule has 1 aliphatic heterocycles. The second kappa shape index (κ2) is 10.2. The van der Waals surface area contributed by atoms with Gasteiger partial charge in [-0.05, 0) is 43.1 Å². The van der Waals surface area contributed by atoms with Gasteiger partial charge < -0.3 is 14.5 Å². The van der Waals surface area contributed by atoms with Crippen molar-refractivity contribution in [3.8, 4) is 11.5 Å². The average molecular weight is 500 g/mol. The number of hydrogen-bond donors (Lipinski definition) is 1. The molecule has 0 aliphatic carbocycles. The van der Waals surface area contributed by atoms with Crippen molar-refractivity contribution >= 4 is 28.3 Å². The molecule has 34 heavy (non-hydrogen) atoms. The maximum absolute atomic E-state index is 13.8. The molecule has 1 aromatic rings. The zero-order valence-electron chi connectivity index (χ0n) is 22.5. The molecule has 1 heterocycles. The minimum Gasteiger partial charge on any atom is -0.447 e. The molecule has 0 saturated carbocycles. The molecule has 1 aromatic carbocycles.